The summed E-state index contributed by atoms with van der Waals surface area (Å²) in [5.41, 5.74) is -2.60. The first-order valence-corrected chi connectivity index (χ1v) is 6.65. The smallest absolute Gasteiger partial charge is 0.433 e. The van der Waals surface area contributed by atoms with Gasteiger partial charge in [0.05, 0.1) is 10.9 Å². The van der Waals surface area contributed by atoms with Crippen molar-refractivity contribution in [2.45, 2.75) is 6.18 Å². The molecule has 0 saturated carbocycles. The summed E-state index contributed by atoms with van der Waals surface area (Å²) in [6, 6.07) is 10.1. The average molecular weight is 331 g/mol. The number of hydrogen-bond donors (Lipinski definition) is 1. The van der Waals surface area contributed by atoms with Crippen LogP contribution in [0.5, 0.6) is 5.75 Å². The summed E-state index contributed by atoms with van der Waals surface area (Å²) in [5, 5.41) is 19.0. The fraction of sp³-hybridized carbons (Fsp3) is 0.0625. The van der Waals surface area contributed by atoms with Crippen molar-refractivity contribution in [3.63, 3.8) is 0 Å². The zero-order chi connectivity index (χ0) is 17.5. The lowest BCUT2D eigenvalue weighted by atomic mass is 10.1. The van der Waals surface area contributed by atoms with Crippen LogP contribution >= 0.6 is 0 Å². The molecule has 0 radical (unpaired) electrons. The van der Waals surface area contributed by atoms with E-state index in [2.05, 4.69) is 4.98 Å². The third-order valence-electron chi connectivity index (χ3n) is 3.45. The first-order chi connectivity index (χ1) is 11.3. The molecule has 0 fully saturated rings. The summed E-state index contributed by atoms with van der Waals surface area (Å²) >= 11 is 0. The Morgan fingerprint density at radius 3 is 2.46 bits per heavy atom. The molecule has 0 spiro atoms. The average Bonchev–Trinajstić information content (AvgIpc) is 2.55. The van der Waals surface area contributed by atoms with Crippen LogP contribution in [0.1, 0.15) is 11.3 Å². The maximum Gasteiger partial charge on any atom is 0.433 e. The quantitative estimate of drug-likeness (QED) is 0.743. The molecule has 8 heteroatoms. The largest absolute Gasteiger partial charge is 0.506 e. The number of rotatable bonds is 1. The molecule has 2 aromatic heterocycles. The Bertz CT molecular complexity index is 1030. The Hall–Kier alpha value is -3.34. The Balaban J connectivity index is 2.52. The van der Waals surface area contributed by atoms with Gasteiger partial charge in [-0.3, -0.25) is 14.3 Å². The van der Waals surface area contributed by atoms with Gasteiger partial charge in [-0.05, 0) is 18.2 Å². The van der Waals surface area contributed by atoms with Gasteiger partial charge < -0.3 is 5.11 Å². The molecule has 0 bridgehead atoms. The number of aromatic hydroxyl groups is 1. The molecule has 1 N–H and O–H groups in total. The van der Waals surface area contributed by atoms with Gasteiger partial charge in [0.2, 0.25) is 0 Å². The van der Waals surface area contributed by atoms with Crippen LogP contribution in [0.4, 0.5) is 13.2 Å². The monoisotopic (exact) mass is 331 g/mol. The van der Waals surface area contributed by atoms with Crippen LogP contribution in [-0.2, 0) is 6.18 Å². The van der Waals surface area contributed by atoms with E-state index < -0.39 is 28.7 Å². The lowest BCUT2D eigenvalue weighted by Crippen LogP contribution is -2.22. The highest BCUT2D eigenvalue weighted by Gasteiger charge is 2.33. The van der Waals surface area contributed by atoms with Crippen molar-refractivity contribution >= 4 is 10.9 Å². The van der Waals surface area contributed by atoms with Gasteiger partial charge in [-0.15, -0.1) is 0 Å². The van der Waals surface area contributed by atoms with E-state index in [1.54, 1.807) is 24.3 Å². The maximum absolute atomic E-state index is 12.9. The second-order valence-electron chi connectivity index (χ2n) is 4.90. The number of benzene rings is 1. The minimum absolute atomic E-state index is 0.122. The molecule has 120 valence electrons. The molecule has 0 amide bonds. The van der Waals surface area contributed by atoms with Crippen molar-refractivity contribution in [1.82, 2.24) is 9.55 Å². The lowest BCUT2D eigenvalue weighted by molar-refractivity contribution is -0.141. The highest BCUT2D eigenvalue weighted by molar-refractivity contribution is 5.88. The van der Waals surface area contributed by atoms with Gasteiger partial charge in [-0.2, -0.15) is 18.4 Å². The lowest BCUT2D eigenvalue weighted by Gasteiger charge is -2.14. The molecule has 0 saturated heterocycles. The second kappa shape index (κ2) is 5.38. The number of para-hydroxylation sites is 1. The molecule has 1 aromatic carbocycles. The summed E-state index contributed by atoms with van der Waals surface area (Å²) in [6.07, 6.45) is -3.91. The predicted octanol–water partition coefficient (Wildman–Crippen LogP) is 2.98. The summed E-state index contributed by atoms with van der Waals surface area (Å²) in [4.78, 5) is 15.7. The van der Waals surface area contributed by atoms with Crippen LogP contribution in [0.3, 0.4) is 0 Å². The van der Waals surface area contributed by atoms with Gasteiger partial charge in [-0.1, -0.05) is 18.2 Å². The molecule has 0 aliphatic heterocycles. The van der Waals surface area contributed by atoms with Gasteiger partial charge in [0.15, 0.2) is 5.56 Å². The van der Waals surface area contributed by atoms with E-state index >= 15 is 0 Å². The molecule has 3 aromatic rings. The van der Waals surface area contributed by atoms with E-state index in [-0.39, 0.29) is 16.6 Å². The second-order valence-corrected chi connectivity index (χ2v) is 4.90. The van der Waals surface area contributed by atoms with Gasteiger partial charge in [0, 0.05) is 11.9 Å². The summed E-state index contributed by atoms with van der Waals surface area (Å²) < 4.78 is 39.7. The SMILES string of the molecule is N#Cc1c(O)c2cnc(C(F)(F)F)cc2n(-c2ccccc2)c1=O. The number of nitriles is 1. The van der Waals surface area contributed by atoms with Gasteiger partial charge in [0.25, 0.3) is 5.56 Å². The Labute approximate surface area is 132 Å². The van der Waals surface area contributed by atoms with Crippen molar-refractivity contribution in [3.8, 4) is 17.5 Å². The van der Waals surface area contributed by atoms with Crippen LogP contribution in [0, 0.1) is 11.3 Å². The fourth-order valence-electron chi connectivity index (χ4n) is 2.36. The molecule has 24 heavy (non-hydrogen) atoms. The highest BCUT2D eigenvalue weighted by atomic mass is 19.4. The van der Waals surface area contributed by atoms with Crippen molar-refractivity contribution in [2.75, 3.05) is 0 Å². The van der Waals surface area contributed by atoms with E-state index in [0.717, 1.165) is 10.8 Å². The Kier molecular flexibility index (Phi) is 3.49. The number of hydrogen-bond acceptors (Lipinski definition) is 4. The number of halogens is 3. The van der Waals surface area contributed by atoms with Crippen molar-refractivity contribution < 1.29 is 18.3 Å². The molecule has 0 aliphatic carbocycles. The third kappa shape index (κ3) is 2.36. The van der Waals surface area contributed by atoms with Crippen LogP contribution in [-0.4, -0.2) is 14.7 Å². The van der Waals surface area contributed by atoms with E-state index in [0.29, 0.717) is 6.07 Å². The van der Waals surface area contributed by atoms with E-state index in [4.69, 9.17) is 5.26 Å². The number of alkyl halides is 3. The molecule has 3 rings (SSSR count). The van der Waals surface area contributed by atoms with Gasteiger partial charge in [-0.25, -0.2) is 0 Å². The molecule has 5 nitrogen and oxygen atoms in total. The predicted molar refractivity (Wildman–Crippen MR) is 78.7 cm³/mol. The van der Waals surface area contributed by atoms with Crippen molar-refractivity contribution in [1.29, 1.82) is 5.26 Å². The molecular formula is C16H8F3N3O2. The minimum atomic E-state index is -4.71. The van der Waals surface area contributed by atoms with Crippen LogP contribution < -0.4 is 5.56 Å². The molecule has 0 aliphatic rings. The molecule has 2 heterocycles. The fourth-order valence-corrected chi connectivity index (χ4v) is 2.36. The van der Waals surface area contributed by atoms with Crippen molar-refractivity contribution in [3.05, 3.63) is 64.2 Å². The normalized spacial score (nSPS) is 11.4. The van der Waals surface area contributed by atoms with Crippen LogP contribution in [0.2, 0.25) is 0 Å². The van der Waals surface area contributed by atoms with Crippen LogP contribution in [0.15, 0.2) is 47.4 Å². The Morgan fingerprint density at radius 1 is 1.21 bits per heavy atom. The van der Waals surface area contributed by atoms with Gasteiger partial charge >= 0.3 is 6.18 Å². The van der Waals surface area contributed by atoms with E-state index in [1.807, 2.05) is 0 Å². The summed E-state index contributed by atoms with van der Waals surface area (Å²) in [7, 11) is 0. The minimum Gasteiger partial charge on any atom is -0.506 e. The number of aromatic nitrogens is 2. The summed E-state index contributed by atoms with van der Waals surface area (Å²) in [6.45, 7) is 0. The maximum atomic E-state index is 12.9. The zero-order valence-corrected chi connectivity index (χ0v) is 11.9. The zero-order valence-electron chi connectivity index (χ0n) is 11.9. The highest BCUT2D eigenvalue weighted by Crippen LogP contribution is 2.33. The van der Waals surface area contributed by atoms with Crippen molar-refractivity contribution in [2.24, 2.45) is 0 Å². The first-order valence-electron chi connectivity index (χ1n) is 6.65. The van der Waals surface area contributed by atoms with E-state index in [9.17, 15) is 23.1 Å². The summed E-state index contributed by atoms with van der Waals surface area (Å²) in [5.74, 6) is -0.689. The molecule has 0 atom stereocenters. The topological polar surface area (TPSA) is 78.9 Å². The van der Waals surface area contributed by atoms with E-state index in [1.165, 1.54) is 12.1 Å². The first kappa shape index (κ1) is 15.6. The third-order valence-corrected chi connectivity index (χ3v) is 3.45. The number of nitrogens with zero attached hydrogens (tertiary/aromatic N) is 3. The number of pyridine rings is 2. The molecular weight excluding hydrogens is 323 g/mol. The van der Waals surface area contributed by atoms with Crippen LogP contribution in [0.25, 0.3) is 16.6 Å². The van der Waals surface area contributed by atoms with Gasteiger partial charge in [0.1, 0.15) is 17.5 Å². The standard InChI is InChI=1S/C16H8F3N3O2/c17-16(18,19)13-6-12-11(8-21-13)14(23)10(7-20)15(24)22(12)9-4-2-1-3-5-9/h1-6,8,23H. The Morgan fingerprint density at radius 2 is 1.88 bits per heavy atom. The molecule has 0 unspecified atom stereocenters. The number of fused-ring (bicyclic) bond motifs is 1.